The number of aryl methyl sites for hydroxylation is 1. The molecule has 54 valence electrons. The minimum absolute atomic E-state index is 0. The van der Waals surface area contributed by atoms with Gasteiger partial charge in [-0.2, -0.15) is 24.6 Å². The first-order valence-corrected chi connectivity index (χ1v) is 3.24. The molecule has 0 aromatic heterocycles. The van der Waals surface area contributed by atoms with Gasteiger partial charge in [0.2, 0.25) is 0 Å². The Morgan fingerprint density at radius 3 is 2.50 bits per heavy atom. The van der Waals surface area contributed by atoms with Gasteiger partial charge in [0.25, 0.3) is 0 Å². The van der Waals surface area contributed by atoms with Gasteiger partial charge >= 0.3 is 0 Å². The second kappa shape index (κ2) is 4.57. The number of hydrogen-bond donors (Lipinski definition) is 0. The maximum Gasteiger partial charge on any atom is 0 e. The van der Waals surface area contributed by atoms with E-state index in [-0.39, 0.29) is 21.1 Å². The van der Waals surface area contributed by atoms with Crippen molar-refractivity contribution >= 4 is 0 Å². The van der Waals surface area contributed by atoms with E-state index in [9.17, 15) is 0 Å². The van der Waals surface area contributed by atoms with Crippen molar-refractivity contribution in [3.8, 4) is 0 Å². The molecule has 0 aliphatic heterocycles. The molecule has 0 aliphatic carbocycles. The van der Waals surface area contributed by atoms with Crippen molar-refractivity contribution in [2.45, 2.75) is 13.3 Å². The van der Waals surface area contributed by atoms with Crippen LogP contribution in [0.5, 0.6) is 0 Å². The Hall–Kier alpha value is -0.222. The molecule has 1 heteroatoms. The van der Waals surface area contributed by atoms with Gasteiger partial charge in [-0.3, -0.25) is 0 Å². The summed E-state index contributed by atoms with van der Waals surface area (Å²) in [5.74, 6) is 0. The first kappa shape index (κ1) is 9.78. The summed E-state index contributed by atoms with van der Waals surface area (Å²) >= 11 is 0. The van der Waals surface area contributed by atoms with Crippen LogP contribution < -0.4 is 0 Å². The van der Waals surface area contributed by atoms with E-state index in [1.54, 1.807) is 0 Å². The van der Waals surface area contributed by atoms with Crippen LogP contribution in [0.2, 0.25) is 0 Å². The van der Waals surface area contributed by atoms with E-state index in [0.29, 0.717) is 0 Å². The first-order valence-electron chi connectivity index (χ1n) is 3.24. The first-order chi connectivity index (χ1) is 4.33. The SMILES string of the molecule is [CH2-]c1cccc(CC)c1.[W]. The number of benzene rings is 1. The molecule has 0 N–H and O–H groups in total. The fraction of sp³-hybridized carbons (Fsp3) is 0.222. The predicted molar refractivity (Wildman–Crippen MR) is 40.3 cm³/mol. The van der Waals surface area contributed by atoms with Crippen LogP contribution in [0.25, 0.3) is 0 Å². The van der Waals surface area contributed by atoms with Crippen molar-refractivity contribution in [3.05, 3.63) is 42.3 Å². The summed E-state index contributed by atoms with van der Waals surface area (Å²) in [4.78, 5) is 0. The minimum atomic E-state index is 0. The molecule has 1 rings (SSSR count). The molecule has 0 spiro atoms. The van der Waals surface area contributed by atoms with Crippen LogP contribution in [0.1, 0.15) is 18.1 Å². The van der Waals surface area contributed by atoms with Crippen LogP contribution in [0, 0.1) is 6.92 Å². The van der Waals surface area contributed by atoms with Gasteiger partial charge in [-0.05, 0) is 6.42 Å². The van der Waals surface area contributed by atoms with Gasteiger partial charge in [-0.15, -0.1) is 11.6 Å². The molecule has 0 bridgehead atoms. The normalized spacial score (nSPS) is 8.50. The molecule has 0 aliphatic rings. The second-order valence-electron chi connectivity index (χ2n) is 2.17. The number of rotatable bonds is 1. The van der Waals surface area contributed by atoms with E-state index in [0.717, 1.165) is 12.0 Å². The predicted octanol–water partition coefficient (Wildman–Crippen LogP) is 2.43. The standard InChI is InChI=1S/C9H11.W/c1-3-9-6-4-5-8(2)7-9;/h4-7H,2-3H2,1H3;/q-1;. The summed E-state index contributed by atoms with van der Waals surface area (Å²) in [7, 11) is 0. The van der Waals surface area contributed by atoms with Gasteiger partial charge in [0.1, 0.15) is 0 Å². The van der Waals surface area contributed by atoms with E-state index >= 15 is 0 Å². The van der Waals surface area contributed by atoms with Gasteiger partial charge < -0.3 is 0 Å². The summed E-state index contributed by atoms with van der Waals surface area (Å²) in [6.07, 6.45) is 1.10. The van der Waals surface area contributed by atoms with Crippen molar-refractivity contribution in [1.82, 2.24) is 0 Å². The summed E-state index contributed by atoms with van der Waals surface area (Å²) in [6.45, 7) is 5.98. The molecule has 0 radical (unpaired) electrons. The maximum atomic E-state index is 3.83. The van der Waals surface area contributed by atoms with E-state index in [4.69, 9.17) is 0 Å². The summed E-state index contributed by atoms with van der Waals surface area (Å²) in [6, 6.07) is 8.29. The second-order valence-corrected chi connectivity index (χ2v) is 2.17. The molecule has 0 saturated heterocycles. The monoisotopic (exact) mass is 303 g/mol. The summed E-state index contributed by atoms with van der Waals surface area (Å²) in [5.41, 5.74) is 2.47. The molecule has 0 atom stereocenters. The molecular weight excluding hydrogens is 292 g/mol. The van der Waals surface area contributed by atoms with Crippen molar-refractivity contribution in [1.29, 1.82) is 0 Å². The molecule has 1 aromatic carbocycles. The van der Waals surface area contributed by atoms with E-state index < -0.39 is 0 Å². The third-order valence-electron chi connectivity index (χ3n) is 1.40. The van der Waals surface area contributed by atoms with Crippen LogP contribution in [0.4, 0.5) is 0 Å². The van der Waals surface area contributed by atoms with E-state index in [1.165, 1.54) is 5.56 Å². The van der Waals surface area contributed by atoms with Gasteiger partial charge in [-0.25, -0.2) is 0 Å². The van der Waals surface area contributed by atoms with Crippen molar-refractivity contribution in [2.75, 3.05) is 0 Å². The van der Waals surface area contributed by atoms with Crippen molar-refractivity contribution in [3.63, 3.8) is 0 Å². The molecule has 10 heavy (non-hydrogen) atoms. The fourth-order valence-electron chi connectivity index (χ4n) is 0.850. The van der Waals surface area contributed by atoms with Gasteiger partial charge in [0.15, 0.2) is 0 Å². The van der Waals surface area contributed by atoms with Crippen LogP contribution in [-0.4, -0.2) is 0 Å². The quantitative estimate of drug-likeness (QED) is 0.699. The van der Waals surface area contributed by atoms with E-state index in [2.05, 4.69) is 26.0 Å². The topological polar surface area (TPSA) is 0 Å². The number of hydrogen-bond acceptors (Lipinski definition) is 0. The average Bonchev–Trinajstić information content (AvgIpc) is 1.88. The molecule has 0 saturated carbocycles. The summed E-state index contributed by atoms with van der Waals surface area (Å²) < 4.78 is 0. The van der Waals surface area contributed by atoms with Crippen molar-refractivity contribution < 1.29 is 21.1 Å². The smallest absolute Gasteiger partial charge is 0 e. The molecule has 0 amide bonds. The maximum absolute atomic E-state index is 3.83. The summed E-state index contributed by atoms with van der Waals surface area (Å²) in [5, 5.41) is 0. The fourth-order valence-corrected chi connectivity index (χ4v) is 0.850. The zero-order chi connectivity index (χ0) is 6.69. The Morgan fingerprint density at radius 2 is 2.10 bits per heavy atom. The zero-order valence-electron chi connectivity index (χ0n) is 6.13. The Morgan fingerprint density at radius 1 is 1.40 bits per heavy atom. The largest absolute Gasteiger partial charge is 0.199 e. The Balaban J connectivity index is 0.000000810. The van der Waals surface area contributed by atoms with Crippen LogP contribution >= 0.6 is 0 Å². The Kier molecular flexibility index (Phi) is 4.47. The third kappa shape index (κ3) is 2.58. The van der Waals surface area contributed by atoms with Gasteiger partial charge in [-0.1, -0.05) is 13.0 Å². The van der Waals surface area contributed by atoms with Crippen LogP contribution in [-0.2, 0) is 27.5 Å². The van der Waals surface area contributed by atoms with Crippen LogP contribution in [0.3, 0.4) is 0 Å². The van der Waals surface area contributed by atoms with Gasteiger partial charge in [0, 0.05) is 21.1 Å². The Labute approximate surface area is 76.9 Å². The molecule has 0 nitrogen and oxygen atoms in total. The average molecular weight is 303 g/mol. The molecule has 0 fully saturated rings. The van der Waals surface area contributed by atoms with Crippen molar-refractivity contribution in [2.24, 2.45) is 0 Å². The molecular formula is C9H11W-. The molecule has 0 unspecified atom stereocenters. The third-order valence-corrected chi connectivity index (χ3v) is 1.40. The molecule has 1 aromatic rings. The van der Waals surface area contributed by atoms with Crippen LogP contribution in [0.15, 0.2) is 24.3 Å². The molecule has 0 heterocycles. The zero-order valence-corrected chi connectivity index (χ0v) is 9.07. The van der Waals surface area contributed by atoms with E-state index in [1.807, 2.05) is 12.1 Å². The van der Waals surface area contributed by atoms with Gasteiger partial charge in [0.05, 0.1) is 0 Å². The Bertz CT molecular complexity index is 194. The minimum Gasteiger partial charge on any atom is -0.199 e.